The van der Waals surface area contributed by atoms with Crippen molar-refractivity contribution in [2.45, 2.75) is 62.9 Å². The first kappa shape index (κ1) is 40.2. The van der Waals surface area contributed by atoms with Crippen LogP contribution in [0.1, 0.15) is 101 Å². The molecule has 60 heavy (non-hydrogen) atoms. The summed E-state index contributed by atoms with van der Waals surface area (Å²) in [7, 11) is 3.18. The van der Waals surface area contributed by atoms with Crippen molar-refractivity contribution >= 4 is 12.0 Å². The van der Waals surface area contributed by atoms with Crippen LogP contribution >= 0.6 is 0 Å². The minimum Gasteiger partial charge on any atom is -0.497 e. The number of alkyl carbamates (subject to hydrolysis) is 1. The standard InChI is InChI=1S/C52H52N2O6/c1-34-17-19-37(20-18-34)50(38-23-21-36(22-24-38)35-11-5-4-6-12-35)53-49(55)33-59-40-27-25-39(26-28-40)51(46-30-29-41(57-2)31-48(46)58-3)54-52(56)60-32-47-44-15-9-7-13-42(44)43-14-8-10-16-45(43)47/h7-10,13-31,35,47,50-51H,4-6,11-12,32-33H2,1-3H3,(H,53,55)(H,54,56). The summed E-state index contributed by atoms with van der Waals surface area (Å²) < 4.78 is 23.2. The quantitative estimate of drug-likeness (QED) is 0.114. The van der Waals surface area contributed by atoms with Crippen LogP contribution in [0.15, 0.2) is 140 Å². The summed E-state index contributed by atoms with van der Waals surface area (Å²) in [5.74, 6) is 1.97. The van der Waals surface area contributed by atoms with Gasteiger partial charge in [-0.05, 0) is 94.5 Å². The fourth-order valence-corrected chi connectivity index (χ4v) is 8.78. The Morgan fingerprint density at radius 3 is 1.85 bits per heavy atom. The van der Waals surface area contributed by atoms with E-state index in [-0.39, 0.29) is 31.1 Å². The largest absolute Gasteiger partial charge is 0.497 e. The van der Waals surface area contributed by atoms with Gasteiger partial charge in [0.25, 0.3) is 5.91 Å². The molecule has 0 aliphatic heterocycles. The van der Waals surface area contributed by atoms with Gasteiger partial charge in [0, 0.05) is 17.5 Å². The van der Waals surface area contributed by atoms with Crippen molar-refractivity contribution in [2.24, 2.45) is 0 Å². The van der Waals surface area contributed by atoms with Crippen LogP contribution in [0.4, 0.5) is 4.79 Å². The summed E-state index contributed by atoms with van der Waals surface area (Å²) in [6.45, 7) is 2.07. The molecule has 6 aromatic carbocycles. The number of carbonyl (C=O) groups is 2. The smallest absolute Gasteiger partial charge is 0.407 e. The maximum Gasteiger partial charge on any atom is 0.407 e. The molecule has 0 spiro atoms. The van der Waals surface area contributed by atoms with Crippen molar-refractivity contribution in [2.75, 3.05) is 27.4 Å². The second-order valence-corrected chi connectivity index (χ2v) is 15.8. The molecule has 0 heterocycles. The second kappa shape index (κ2) is 18.6. The minimum atomic E-state index is -0.640. The number of hydrogen-bond acceptors (Lipinski definition) is 6. The van der Waals surface area contributed by atoms with Crippen LogP contribution in [-0.4, -0.2) is 39.4 Å². The highest BCUT2D eigenvalue weighted by molar-refractivity contribution is 5.80. The zero-order valence-corrected chi connectivity index (χ0v) is 34.5. The molecule has 8 nitrogen and oxygen atoms in total. The molecule has 2 amide bonds. The van der Waals surface area contributed by atoms with E-state index in [4.69, 9.17) is 18.9 Å². The molecule has 0 radical (unpaired) electrons. The van der Waals surface area contributed by atoms with Crippen molar-refractivity contribution in [1.82, 2.24) is 10.6 Å². The third-order valence-electron chi connectivity index (χ3n) is 12.0. The molecule has 1 saturated carbocycles. The van der Waals surface area contributed by atoms with Crippen LogP contribution in [0.5, 0.6) is 17.2 Å². The number of benzene rings is 6. The lowest BCUT2D eigenvalue weighted by atomic mass is 9.83. The summed E-state index contributed by atoms with van der Waals surface area (Å²) in [5, 5.41) is 6.32. The Morgan fingerprint density at radius 2 is 1.22 bits per heavy atom. The SMILES string of the molecule is COc1ccc(C(NC(=O)OCC2c3ccccc3-c3ccccc32)c2ccc(OCC(=O)NC(c3ccc(C)cc3)c3ccc(C4CCCCC4)cc3)cc2)c(OC)c1. The van der Waals surface area contributed by atoms with Gasteiger partial charge < -0.3 is 29.6 Å². The Bertz CT molecular complexity index is 2360. The van der Waals surface area contributed by atoms with Gasteiger partial charge in [-0.1, -0.05) is 134 Å². The van der Waals surface area contributed by atoms with Crippen molar-refractivity contribution in [3.05, 3.63) is 184 Å². The fourth-order valence-electron chi connectivity index (χ4n) is 8.78. The summed E-state index contributed by atoms with van der Waals surface area (Å²) in [6.07, 6.45) is 5.80. The number of nitrogens with one attached hydrogen (secondary N) is 2. The van der Waals surface area contributed by atoms with Crippen molar-refractivity contribution < 1.29 is 28.5 Å². The van der Waals surface area contributed by atoms with Gasteiger partial charge in [-0.3, -0.25) is 4.79 Å². The first-order valence-electron chi connectivity index (χ1n) is 20.9. The van der Waals surface area contributed by atoms with Crippen LogP contribution in [0.25, 0.3) is 11.1 Å². The van der Waals surface area contributed by atoms with Crippen LogP contribution in [-0.2, 0) is 9.53 Å². The molecule has 0 bridgehead atoms. The van der Waals surface area contributed by atoms with Crippen LogP contribution in [0, 0.1) is 6.92 Å². The normalized spacial score (nSPS) is 14.6. The lowest BCUT2D eigenvalue weighted by Crippen LogP contribution is -2.33. The fraction of sp³-hybridized carbons (Fsp3) is 0.269. The number of methoxy groups -OCH3 is 2. The third kappa shape index (κ3) is 9.03. The van der Waals surface area contributed by atoms with Gasteiger partial charge in [-0.25, -0.2) is 4.79 Å². The van der Waals surface area contributed by atoms with Gasteiger partial charge in [0.2, 0.25) is 0 Å². The number of fused-ring (bicyclic) bond motifs is 3. The molecule has 2 aliphatic rings. The minimum absolute atomic E-state index is 0.0790. The number of rotatable bonds is 14. The Hall–Kier alpha value is -6.54. The lowest BCUT2D eigenvalue weighted by molar-refractivity contribution is -0.123. The maximum absolute atomic E-state index is 13.7. The van der Waals surface area contributed by atoms with E-state index < -0.39 is 12.1 Å². The predicted molar refractivity (Wildman–Crippen MR) is 235 cm³/mol. The van der Waals surface area contributed by atoms with Gasteiger partial charge in [-0.2, -0.15) is 0 Å². The van der Waals surface area contributed by atoms with E-state index in [9.17, 15) is 9.59 Å². The zero-order valence-electron chi connectivity index (χ0n) is 34.5. The molecular formula is C52H52N2O6. The summed E-state index contributed by atoms with van der Waals surface area (Å²) in [5.41, 5.74) is 10.6. The molecule has 8 heteroatoms. The molecule has 8 rings (SSSR count). The average Bonchev–Trinajstić information content (AvgIpc) is 3.62. The van der Waals surface area contributed by atoms with E-state index in [1.54, 1.807) is 32.4 Å². The van der Waals surface area contributed by atoms with Gasteiger partial charge in [0.05, 0.1) is 26.3 Å². The molecule has 306 valence electrons. The van der Waals surface area contributed by atoms with Gasteiger partial charge in [0.15, 0.2) is 6.61 Å². The highest BCUT2D eigenvalue weighted by Crippen LogP contribution is 2.45. The molecular weight excluding hydrogens is 749 g/mol. The lowest BCUT2D eigenvalue weighted by Gasteiger charge is -2.24. The van der Waals surface area contributed by atoms with E-state index in [0.717, 1.165) is 44.5 Å². The van der Waals surface area contributed by atoms with E-state index in [1.165, 1.54) is 37.7 Å². The molecule has 2 aliphatic carbocycles. The second-order valence-electron chi connectivity index (χ2n) is 15.8. The summed E-state index contributed by atoms with van der Waals surface area (Å²) >= 11 is 0. The van der Waals surface area contributed by atoms with E-state index in [2.05, 4.69) is 90.4 Å². The van der Waals surface area contributed by atoms with Gasteiger partial charge in [0.1, 0.15) is 23.9 Å². The first-order valence-corrected chi connectivity index (χ1v) is 20.9. The topological polar surface area (TPSA) is 95.1 Å². The number of aryl methyl sites for hydroxylation is 1. The zero-order chi connectivity index (χ0) is 41.4. The van der Waals surface area contributed by atoms with E-state index in [0.29, 0.717) is 28.7 Å². The van der Waals surface area contributed by atoms with Crippen molar-refractivity contribution in [1.29, 1.82) is 0 Å². The van der Waals surface area contributed by atoms with E-state index >= 15 is 0 Å². The molecule has 2 atom stereocenters. The van der Waals surface area contributed by atoms with Crippen molar-refractivity contribution in [3.8, 4) is 28.4 Å². The average molecular weight is 801 g/mol. The number of amides is 2. The number of ether oxygens (including phenoxy) is 4. The van der Waals surface area contributed by atoms with Crippen LogP contribution in [0.2, 0.25) is 0 Å². The highest BCUT2D eigenvalue weighted by Gasteiger charge is 2.30. The van der Waals surface area contributed by atoms with E-state index in [1.807, 2.05) is 48.5 Å². The van der Waals surface area contributed by atoms with Crippen LogP contribution in [0.3, 0.4) is 0 Å². The Labute approximate surface area is 352 Å². The van der Waals surface area contributed by atoms with Crippen LogP contribution < -0.4 is 24.8 Å². The van der Waals surface area contributed by atoms with Crippen molar-refractivity contribution in [3.63, 3.8) is 0 Å². The first-order chi connectivity index (χ1) is 29.4. The Morgan fingerprint density at radius 1 is 0.633 bits per heavy atom. The molecule has 1 fully saturated rings. The molecule has 0 aromatic heterocycles. The number of hydrogen-bond donors (Lipinski definition) is 2. The molecule has 2 unspecified atom stereocenters. The molecule has 6 aromatic rings. The summed E-state index contributed by atoms with van der Waals surface area (Å²) in [4.78, 5) is 27.2. The molecule has 0 saturated heterocycles. The van der Waals surface area contributed by atoms with Gasteiger partial charge in [-0.15, -0.1) is 0 Å². The highest BCUT2D eigenvalue weighted by atomic mass is 16.5. The molecule has 2 N–H and O–H groups in total. The predicted octanol–water partition coefficient (Wildman–Crippen LogP) is 11.0. The Balaban J connectivity index is 0.959. The number of carbonyl (C=O) groups excluding carboxylic acids is 2. The summed E-state index contributed by atoms with van der Waals surface area (Å²) in [6, 6.07) is 45.4. The maximum atomic E-state index is 13.7. The van der Waals surface area contributed by atoms with Gasteiger partial charge >= 0.3 is 6.09 Å². The third-order valence-corrected chi connectivity index (χ3v) is 12.0. The Kier molecular flexibility index (Phi) is 12.5. The monoisotopic (exact) mass is 800 g/mol.